The second-order valence-electron chi connectivity index (χ2n) is 5.29. The summed E-state index contributed by atoms with van der Waals surface area (Å²) in [4.78, 5) is 12.0. The molecule has 1 atom stereocenters. The van der Waals surface area contributed by atoms with Crippen LogP contribution in [0.2, 0.25) is 5.02 Å². The summed E-state index contributed by atoms with van der Waals surface area (Å²) in [5.41, 5.74) is 7.20. The van der Waals surface area contributed by atoms with E-state index in [0.717, 1.165) is 5.56 Å². The number of amides is 1. The summed E-state index contributed by atoms with van der Waals surface area (Å²) < 4.78 is 10.8. The van der Waals surface area contributed by atoms with Crippen LogP contribution in [0.4, 0.5) is 5.69 Å². The average Bonchev–Trinajstić information content (AvgIpc) is 2.59. The van der Waals surface area contributed by atoms with Gasteiger partial charge in [0.1, 0.15) is 12.4 Å². The van der Waals surface area contributed by atoms with Gasteiger partial charge in [-0.05, 0) is 29.8 Å². The third-order valence-corrected chi connectivity index (χ3v) is 3.70. The molecule has 136 valence electrons. The number of hydrogen-bond acceptors (Lipinski definition) is 4. The fourth-order valence-corrected chi connectivity index (χ4v) is 2.22. The number of halogens is 2. The standard InChI is InChI=1S/C18H21ClN2O3.ClH/c1-23-17(11-20)10-18(22)21-15-3-2-4-16(9-15)24-12-13-5-7-14(19)8-6-13;/h2-9,17H,10-12,20H2,1H3,(H,21,22);1H. The molecule has 0 aliphatic heterocycles. The Morgan fingerprint density at radius 3 is 2.60 bits per heavy atom. The topological polar surface area (TPSA) is 73.6 Å². The maximum absolute atomic E-state index is 12.0. The maximum atomic E-state index is 12.0. The number of carbonyl (C=O) groups excluding carboxylic acids is 1. The van der Waals surface area contributed by atoms with Crippen LogP contribution in [0.3, 0.4) is 0 Å². The van der Waals surface area contributed by atoms with Crippen LogP contribution in [-0.4, -0.2) is 25.7 Å². The van der Waals surface area contributed by atoms with E-state index < -0.39 is 0 Å². The number of ether oxygens (including phenoxy) is 2. The van der Waals surface area contributed by atoms with Gasteiger partial charge in [-0.2, -0.15) is 0 Å². The molecule has 2 rings (SSSR count). The summed E-state index contributed by atoms with van der Waals surface area (Å²) in [7, 11) is 1.54. The van der Waals surface area contributed by atoms with Crippen molar-refractivity contribution in [2.75, 3.05) is 19.0 Å². The number of anilines is 1. The van der Waals surface area contributed by atoms with Crippen molar-refractivity contribution in [2.45, 2.75) is 19.1 Å². The normalized spacial score (nSPS) is 11.3. The molecule has 7 heteroatoms. The van der Waals surface area contributed by atoms with E-state index in [1.165, 1.54) is 7.11 Å². The average molecular weight is 385 g/mol. The molecule has 0 saturated carbocycles. The Morgan fingerprint density at radius 2 is 1.96 bits per heavy atom. The van der Waals surface area contributed by atoms with Crippen molar-refractivity contribution in [3.63, 3.8) is 0 Å². The number of rotatable bonds is 8. The Bertz CT molecular complexity index is 662. The Hall–Kier alpha value is -1.79. The third kappa shape index (κ3) is 7.32. The lowest BCUT2D eigenvalue weighted by atomic mass is 10.2. The zero-order valence-corrected chi connectivity index (χ0v) is 15.5. The molecule has 3 N–H and O–H groups in total. The molecule has 0 fully saturated rings. The molecule has 0 aliphatic carbocycles. The smallest absolute Gasteiger partial charge is 0.227 e. The van der Waals surface area contributed by atoms with Crippen molar-refractivity contribution in [1.82, 2.24) is 0 Å². The highest BCUT2D eigenvalue weighted by atomic mass is 35.5. The van der Waals surface area contributed by atoms with Gasteiger partial charge < -0.3 is 20.5 Å². The number of hydrogen-bond donors (Lipinski definition) is 2. The summed E-state index contributed by atoms with van der Waals surface area (Å²) >= 11 is 5.86. The highest BCUT2D eigenvalue weighted by molar-refractivity contribution is 6.30. The second-order valence-corrected chi connectivity index (χ2v) is 5.73. The van der Waals surface area contributed by atoms with Gasteiger partial charge in [-0.25, -0.2) is 0 Å². The molecule has 2 aromatic rings. The first-order chi connectivity index (χ1) is 11.6. The molecule has 1 unspecified atom stereocenters. The monoisotopic (exact) mass is 384 g/mol. The molecule has 0 spiro atoms. The van der Waals surface area contributed by atoms with E-state index in [4.69, 9.17) is 26.8 Å². The lowest BCUT2D eigenvalue weighted by molar-refractivity contribution is -0.118. The van der Waals surface area contributed by atoms with Crippen molar-refractivity contribution < 1.29 is 14.3 Å². The van der Waals surface area contributed by atoms with E-state index in [2.05, 4.69) is 5.32 Å². The number of benzene rings is 2. The molecule has 5 nitrogen and oxygen atoms in total. The van der Waals surface area contributed by atoms with Crippen LogP contribution in [0.15, 0.2) is 48.5 Å². The summed E-state index contributed by atoms with van der Waals surface area (Å²) in [6.45, 7) is 0.724. The largest absolute Gasteiger partial charge is 0.489 e. The van der Waals surface area contributed by atoms with E-state index in [-0.39, 0.29) is 30.8 Å². The predicted molar refractivity (Wildman–Crippen MR) is 103 cm³/mol. The Morgan fingerprint density at radius 1 is 1.24 bits per heavy atom. The Labute approximate surface area is 158 Å². The first-order valence-electron chi connectivity index (χ1n) is 7.60. The van der Waals surface area contributed by atoms with Crippen LogP contribution >= 0.6 is 24.0 Å². The fourth-order valence-electron chi connectivity index (χ4n) is 2.09. The van der Waals surface area contributed by atoms with Crippen molar-refractivity contribution >= 4 is 35.6 Å². The molecule has 0 aliphatic rings. The van der Waals surface area contributed by atoms with E-state index in [1.807, 2.05) is 36.4 Å². The van der Waals surface area contributed by atoms with Gasteiger partial charge in [-0.3, -0.25) is 4.79 Å². The molecule has 0 radical (unpaired) electrons. The molecule has 25 heavy (non-hydrogen) atoms. The number of nitrogens with two attached hydrogens (primary N) is 1. The van der Waals surface area contributed by atoms with Gasteiger partial charge in [0.15, 0.2) is 0 Å². The zero-order chi connectivity index (χ0) is 17.4. The van der Waals surface area contributed by atoms with Crippen molar-refractivity contribution in [2.24, 2.45) is 5.73 Å². The minimum Gasteiger partial charge on any atom is -0.489 e. The number of carbonyl (C=O) groups is 1. The minimum absolute atomic E-state index is 0. The number of nitrogens with one attached hydrogen (secondary N) is 1. The third-order valence-electron chi connectivity index (χ3n) is 3.45. The van der Waals surface area contributed by atoms with Crippen molar-refractivity contribution in [1.29, 1.82) is 0 Å². The van der Waals surface area contributed by atoms with Gasteiger partial charge in [0, 0.05) is 30.4 Å². The quantitative estimate of drug-likeness (QED) is 0.728. The fraction of sp³-hybridized carbons (Fsp3) is 0.278. The molecular weight excluding hydrogens is 363 g/mol. The maximum Gasteiger partial charge on any atom is 0.227 e. The lowest BCUT2D eigenvalue weighted by Gasteiger charge is -2.13. The van der Waals surface area contributed by atoms with Gasteiger partial charge >= 0.3 is 0 Å². The molecule has 2 aromatic carbocycles. The molecule has 1 amide bonds. The molecule has 0 aromatic heterocycles. The lowest BCUT2D eigenvalue weighted by Crippen LogP contribution is -2.28. The van der Waals surface area contributed by atoms with Gasteiger partial charge in [0.25, 0.3) is 0 Å². The van der Waals surface area contributed by atoms with Crippen molar-refractivity contribution in [3.05, 3.63) is 59.1 Å². The van der Waals surface area contributed by atoms with E-state index in [1.54, 1.807) is 12.1 Å². The summed E-state index contributed by atoms with van der Waals surface area (Å²) in [5.74, 6) is 0.520. The minimum atomic E-state index is -0.283. The Kier molecular flexibility index (Phi) is 9.31. The van der Waals surface area contributed by atoms with Gasteiger partial charge in [-0.1, -0.05) is 29.8 Å². The molecular formula is C18H22Cl2N2O3. The van der Waals surface area contributed by atoms with E-state index in [0.29, 0.717) is 29.6 Å². The zero-order valence-electron chi connectivity index (χ0n) is 13.9. The van der Waals surface area contributed by atoms with E-state index >= 15 is 0 Å². The number of methoxy groups -OCH3 is 1. The summed E-state index contributed by atoms with van der Waals surface area (Å²) in [6, 6.07) is 14.7. The summed E-state index contributed by atoms with van der Waals surface area (Å²) in [6.07, 6.45) is -0.0719. The predicted octanol–water partition coefficient (Wildman–Crippen LogP) is 3.64. The molecule has 0 heterocycles. The van der Waals surface area contributed by atoms with Crippen LogP contribution < -0.4 is 15.8 Å². The SMILES string of the molecule is COC(CN)CC(=O)Nc1cccc(OCc2ccc(Cl)cc2)c1.Cl. The first-order valence-corrected chi connectivity index (χ1v) is 7.98. The van der Waals surface area contributed by atoms with Gasteiger partial charge in [-0.15, -0.1) is 12.4 Å². The van der Waals surface area contributed by atoms with Crippen LogP contribution in [0.5, 0.6) is 5.75 Å². The second kappa shape index (κ2) is 10.9. The van der Waals surface area contributed by atoms with Gasteiger partial charge in [0.05, 0.1) is 12.5 Å². The van der Waals surface area contributed by atoms with Crippen molar-refractivity contribution in [3.8, 4) is 5.75 Å². The van der Waals surface area contributed by atoms with Crippen LogP contribution in [0, 0.1) is 0 Å². The molecule has 0 bridgehead atoms. The highest BCUT2D eigenvalue weighted by Gasteiger charge is 2.11. The Balaban J connectivity index is 0.00000312. The first kappa shape index (κ1) is 21.3. The van der Waals surface area contributed by atoms with Crippen LogP contribution in [0.1, 0.15) is 12.0 Å². The molecule has 0 saturated heterocycles. The van der Waals surface area contributed by atoms with Crippen LogP contribution in [0.25, 0.3) is 0 Å². The van der Waals surface area contributed by atoms with Gasteiger partial charge in [0.2, 0.25) is 5.91 Å². The highest BCUT2D eigenvalue weighted by Crippen LogP contribution is 2.19. The summed E-state index contributed by atoms with van der Waals surface area (Å²) in [5, 5.41) is 3.51. The van der Waals surface area contributed by atoms with E-state index in [9.17, 15) is 4.79 Å². The van der Waals surface area contributed by atoms with Crippen LogP contribution in [-0.2, 0) is 16.1 Å².